The minimum absolute atomic E-state index is 0.0948. The van der Waals surface area contributed by atoms with Crippen LogP contribution in [-0.4, -0.2) is 32.4 Å². The lowest BCUT2D eigenvalue weighted by Crippen LogP contribution is -2.41. The van der Waals surface area contributed by atoms with E-state index in [1.54, 1.807) is 13.8 Å². The Hall–Kier alpha value is -1.27. The van der Waals surface area contributed by atoms with E-state index < -0.39 is 10.0 Å². The van der Waals surface area contributed by atoms with Crippen molar-refractivity contribution in [3.63, 3.8) is 0 Å². The molecule has 0 atom stereocenters. The van der Waals surface area contributed by atoms with Gasteiger partial charge in [0.25, 0.3) is 0 Å². The van der Waals surface area contributed by atoms with Crippen LogP contribution in [0.5, 0.6) is 5.75 Å². The molecule has 2 fully saturated rings. The quantitative estimate of drug-likeness (QED) is 0.596. The molecule has 2 aliphatic rings. The molecule has 0 bridgehead atoms. The molecule has 29 heavy (non-hydrogen) atoms. The average molecular weight is 423 g/mol. The van der Waals surface area contributed by atoms with Crippen molar-refractivity contribution in [1.82, 2.24) is 4.72 Å². The lowest BCUT2D eigenvalue weighted by molar-refractivity contribution is 0.208. The van der Waals surface area contributed by atoms with Gasteiger partial charge in [0.15, 0.2) is 0 Å². The Labute approximate surface area is 177 Å². The third kappa shape index (κ3) is 6.35. The molecule has 0 aromatic heterocycles. The Morgan fingerprint density at radius 2 is 1.76 bits per heavy atom. The fourth-order valence-corrected chi connectivity index (χ4v) is 5.35. The van der Waals surface area contributed by atoms with Crippen molar-refractivity contribution in [2.75, 3.05) is 11.9 Å². The number of rotatable bonds is 9. The normalized spacial score (nSPS) is 23.4. The number of anilines is 1. The molecular weight excluding hydrogens is 384 g/mol. The van der Waals surface area contributed by atoms with Gasteiger partial charge in [-0.15, -0.1) is 0 Å². The zero-order chi connectivity index (χ0) is 20.9. The molecule has 0 aliphatic heterocycles. The topological polar surface area (TPSA) is 67.4 Å². The molecular formula is C23H38N2O3S. The number of hydrogen-bond donors (Lipinski definition) is 2. The zero-order valence-corrected chi connectivity index (χ0v) is 19.1. The largest absolute Gasteiger partial charge is 0.490 e. The van der Waals surface area contributed by atoms with Gasteiger partial charge in [-0.25, -0.2) is 13.1 Å². The van der Waals surface area contributed by atoms with Gasteiger partial charge in [0, 0.05) is 18.3 Å². The van der Waals surface area contributed by atoms with Crippen molar-refractivity contribution in [3.8, 4) is 5.75 Å². The molecule has 0 spiro atoms. The first kappa shape index (κ1) is 22.4. The van der Waals surface area contributed by atoms with Gasteiger partial charge < -0.3 is 10.1 Å². The van der Waals surface area contributed by atoms with E-state index >= 15 is 0 Å². The standard InChI is InChI=1S/C23H38N2O3S/c1-4-19-15-21(13-14-23(19)28-22-7-5-6-8-22)24-16-18-9-11-20(12-10-18)25-29(26,27)17(2)3/h13-15,17-18,20,22,24-25H,4-12,16H2,1-3H3. The molecule has 164 valence electrons. The smallest absolute Gasteiger partial charge is 0.214 e. The summed E-state index contributed by atoms with van der Waals surface area (Å²) in [5.74, 6) is 1.64. The molecule has 0 unspecified atom stereocenters. The predicted octanol–water partition coefficient (Wildman–Crippen LogP) is 4.87. The Morgan fingerprint density at radius 3 is 2.38 bits per heavy atom. The van der Waals surface area contributed by atoms with Gasteiger partial charge in [0.05, 0.1) is 11.4 Å². The molecule has 2 N–H and O–H groups in total. The molecule has 0 amide bonds. The van der Waals surface area contributed by atoms with E-state index in [2.05, 4.69) is 35.2 Å². The molecule has 0 radical (unpaired) electrons. The van der Waals surface area contributed by atoms with Gasteiger partial charge in [-0.05, 0) is 101 Å². The first-order valence-electron chi connectivity index (χ1n) is 11.4. The van der Waals surface area contributed by atoms with Crippen LogP contribution in [0, 0.1) is 5.92 Å². The summed E-state index contributed by atoms with van der Waals surface area (Å²) in [4.78, 5) is 0. The van der Waals surface area contributed by atoms with Crippen LogP contribution in [0.4, 0.5) is 5.69 Å². The zero-order valence-electron chi connectivity index (χ0n) is 18.2. The van der Waals surface area contributed by atoms with E-state index in [4.69, 9.17) is 4.74 Å². The van der Waals surface area contributed by atoms with Crippen molar-refractivity contribution in [1.29, 1.82) is 0 Å². The molecule has 5 nitrogen and oxygen atoms in total. The van der Waals surface area contributed by atoms with Crippen LogP contribution >= 0.6 is 0 Å². The first-order chi connectivity index (χ1) is 13.9. The van der Waals surface area contributed by atoms with Crippen LogP contribution < -0.4 is 14.8 Å². The molecule has 2 saturated carbocycles. The minimum atomic E-state index is -3.17. The summed E-state index contributed by atoms with van der Waals surface area (Å²) in [5.41, 5.74) is 2.43. The Balaban J connectivity index is 1.46. The number of ether oxygens (including phenoxy) is 1. The summed E-state index contributed by atoms with van der Waals surface area (Å²) < 4.78 is 33.2. The van der Waals surface area contributed by atoms with Crippen molar-refractivity contribution in [3.05, 3.63) is 23.8 Å². The van der Waals surface area contributed by atoms with Crippen LogP contribution in [0.2, 0.25) is 0 Å². The molecule has 3 rings (SSSR count). The summed E-state index contributed by atoms with van der Waals surface area (Å²) in [5, 5.41) is 3.23. The van der Waals surface area contributed by atoms with E-state index in [0.717, 1.165) is 50.1 Å². The highest BCUT2D eigenvalue weighted by molar-refractivity contribution is 7.90. The summed E-state index contributed by atoms with van der Waals surface area (Å²) in [6, 6.07) is 6.58. The van der Waals surface area contributed by atoms with Gasteiger partial charge in [-0.1, -0.05) is 6.92 Å². The van der Waals surface area contributed by atoms with Crippen LogP contribution in [-0.2, 0) is 16.4 Å². The summed E-state index contributed by atoms with van der Waals surface area (Å²) >= 11 is 0. The molecule has 0 heterocycles. The van der Waals surface area contributed by atoms with Crippen LogP contribution in [0.1, 0.15) is 77.7 Å². The van der Waals surface area contributed by atoms with Gasteiger partial charge >= 0.3 is 0 Å². The maximum Gasteiger partial charge on any atom is 0.214 e. The van der Waals surface area contributed by atoms with Crippen LogP contribution in [0.3, 0.4) is 0 Å². The summed E-state index contributed by atoms with van der Waals surface area (Å²) in [7, 11) is -3.17. The Bertz CT molecular complexity index is 749. The highest BCUT2D eigenvalue weighted by Crippen LogP contribution is 2.30. The molecule has 2 aliphatic carbocycles. The van der Waals surface area contributed by atoms with Gasteiger partial charge in [-0.3, -0.25) is 0 Å². The number of sulfonamides is 1. The summed E-state index contributed by atoms with van der Waals surface area (Å²) in [6.07, 6.45) is 10.3. The predicted molar refractivity (Wildman–Crippen MR) is 120 cm³/mol. The van der Waals surface area contributed by atoms with Crippen molar-refractivity contribution < 1.29 is 13.2 Å². The maximum atomic E-state index is 12.1. The third-order valence-electron chi connectivity index (χ3n) is 6.43. The van der Waals surface area contributed by atoms with Crippen molar-refractivity contribution in [2.24, 2.45) is 5.92 Å². The second kappa shape index (κ2) is 10.2. The van der Waals surface area contributed by atoms with Crippen LogP contribution in [0.15, 0.2) is 18.2 Å². The molecule has 6 heteroatoms. The Morgan fingerprint density at radius 1 is 1.07 bits per heavy atom. The van der Waals surface area contributed by atoms with Gasteiger partial charge in [0.2, 0.25) is 10.0 Å². The van der Waals surface area contributed by atoms with E-state index in [1.807, 2.05) is 0 Å². The van der Waals surface area contributed by atoms with Crippen LogP contribution in [0.25, 0.3) is 0 Å². The minimum Gasteiger partial charge on any atom is -0.490 e. The van der Waals surface area contributed by atoms with E-state index in [9.17, 15) is 8.42 Å². The lowest BCUT2D eigenvalue weighted by atomic mass is 9.86. The Kier molecular flexibility index (Phi) is 7.85. The number of hydrogen-bond acceptors (Lipinski definition) is 4. The second-order valence-corrected chi connectivity index (χ2v) is 11.3. The number of benzene rings is 1. The highest BCUT2D eigenvalue weighted by atomic mass is 32.2. The summed E-state index contributed by atoms with van der Waals surface area (Å²) in [6.45, 7) is 6.58. The van der Waals surface area contributed by atoms with Gasteiger partial charge in [0.1, 0.15) is 5.75 Å². The number of aryl methyl sites for hydroxylation is 1. The highest BCUT2D eigenvalue weighted by Gasteiger charge is 2.26. The SMILES string of the molecule is CCc1cc(NCC2CCC(NS(=O)(=O)C(C)C)CC2)ccc1OC1CCCC1. The average Bonchev–Trinajstić information content (AvgIpc) is 3.21. The van der Waals surface area contributed by atoms with Crippen molar-refractivity contribution >= 4 is 15.7 Å². The van der Waals surface area contributed by atoms with Crippen molar-refractivity contribution in [2.45, 2.75) is 96.0 Å². The van der Waals surface area contributed by atoms with E-state index in [1.165, 1.54) is 31.2 Å². The number of nitrogens with one attached hydrogen (secondary N) is 2. The maximum absolute atomic E-state index is 12.1. The fourth-order valence-electron chi connectivity index (χ4n) is 4.38. The first-order valence-corrected chi connectivity index (χ1v) is 13.0. The van der Waals surface area contributed by atoms with Gasteiger partial charge in [-0.2, -0.15) is 0 Å². The lowest BCUT2D eigenvalue weighted by Gasteiger charge is -2.30. The second-order valence-electron chi connectivity index (χ2n) is 9.01. The molecule has 1 aromatic rings. The molecule has 0 saturated heterocycles. The fraction of sp³-hybridized carbons (Fsp3) is 0.739. The van der Waals surface area contributed by atoms with E-state index in [-0.39, 0.29) is 11.3 Å². The molecule has 1 aromatic carbocycles. The van der Waals surface area contributed by atoms with E-state index in [0.29, 0.717) is 12.0 Å². The monoisotopic (exact) mass is 422 g/mol. The third-order valence-corrected chi connectivity index (χ3v) is 8.33.